The fraction of sp³-hybridized carbons (Fsp3) is 0.100. The van der Waals surface area contributed by atoms with Crippen LogP contribution >= 0.6 is 11.8 Å². The van der Waals surface area contributed by atoms with Crippen LogP contribution in [0.25, 0.3) is 22.2 Å². The number of nitrogens with zero attached hydrogens (tertiary/aromatic N) is 3. The number of hydrogen-bond acceptors (Lipinski definition) is 7. The van der Waals surface area contributed by atoms with Crippen molar-refractivity contribution in [2.75, 3.05) is 6.26 Å². The van der Waals surface area contributed by atoms with E-state index < -0.39 is 5.97 Å². The molecule has 0 N–H and O–H groups in total. The highest BCUT2D eigenvalue weighted by atomic mass is 32.2. The molecule has 0 aliphatic rings. The lowest BCUT2D eigenvalue weighted by Gasteiger charge is -2.09. The third kappa shape index (κ3) is 3.68. The minimum atomic E-state index is -0.392. The fourth-order valence-electron chi connectivity index (χ4n) is 2.65. The highest BCUT2D eigenvalue weighted by Crippen LogP contribution is 2.28. The van der Waals surface area contributed by atoms with E-state index in [0.717, 1.165) is 16.5 Å². The van der Waals surface area contributed by atoms with Crippen LogP contribution in [0.15, 0.2) is 70.8 Å². The lowest BCUT2D eigenvalue weighted by Crippen LogP contribution is -2.06. The van der Waals surface area contributed by atoms with E-state index in [0.29, 0.717) is 22.1 Å². The second-order valence-electron chi connectivity index (χ2n) is 5.71. The Balaban J connectivity index is 1.68. The van der Waals surface area contributed by atoms with Crippen molar-refractivity contribution in [3.63, 3.8) is 0 Å². The van der Waals surface area contributed by atoms with Gasteiger partial charge in [0.05, 0.1) is 23.8 Å². The third-order valence-corrected chi connectivity index (χ3v) is 4.50. The summed E-state index contributed by atoms with van der Waals surface area (Å²) in [5.41, 5.74) is 3.32. The van der Waals surface area contributed by atoms with Crippen LogP contribution in [-0.4, -0.2) is 27.2 Å². The minimum Gasteiger partial charge on any atom is -0.472 e. The third-order valence-electron chi connectivity index (χ3n) is 3.93. The normalized spacial score (nSPS) is 10.9. The molecule has 1 aromatic carbocycles. The molecule has 4 aromatic rings. The zero-order valence-corrected chi connectivity index (χ0v) is 15.3. The van der Waals surface area contributed by atoms with Crippen LogP contribution in [0.4, 0.5) is 0 Å². The molecule has 134 valence electrons. The van der Waals surface area contributed by atoms with Crippen molar-refractivity contribution >= 4 is 28.6 Å². The average molecular weight is 377 g/mol. The summed E-state index contributed by atoms with van der Waals surface area (Å²) in [6.45, 7) is 0.0544. The molecule has 0 atom stereocenters. The maximum atomic E-state index is 12.2. The second-order valence-corrected chi connectivity index (χ2v) is 6.48. The van der Waals surface area contributed by atoms with Crippen LogP contribution in [0, 0.1) is 0 Å². The number of ether oxygens (including phenoxy) is 1. The molecule has 0 aliphatic heterocycles. The number of rotatable bonds is 5. The molecule has 0 saturated heterocycles. The van der Waals surface area contributed by atoms with Gasteiger partial charge in [0.2, 0.25) is 0 Å². The molecule has 3 heterocycles. The maximum absolute atomic E-state index is 12.2. The van der Waals surface area contributed by atoms with Gasteiger partial charge in [0, 0.05) is 17.1 Å². The number of fused-ring (bicyclic) bond motifs is 1. The monoisotopic (exact) mass is 377 g/mol. The van der Waals surface area contributed by atoms with Crippen LogP contribution in [0.5, 0.6) is 0 Å². The van der Waals surface area contributed by atoms with Crippen molar-refractivity contribution in [3.05, 3.63) is 72.4 Å². The summed E-state index contributed by atoms with van der Waals surface area (Å²) in [5.74, 6) is -0.392. The Morgan fingerprint density at radius 1 is 1.19 bits per heavy atom. The number of benzene rings is 1. The van der Waals surface area contributed by atoms with Gasteiger partial charge in [-0.15, -0.1) is 0 Å². The summed E-state index contributed by atoms with van der Waals surface area (Å²) < 4.78 is 10.6. The molecular weight excluding hydrogens is 362 g/mol. The zero-order valence-electron chi connectivity index (χ0n) is 14.5. The van der Waals surface area contributed by atoms with Gasteiger partial charge in [0.1, 0.15) is 17.8 Å². The first-order valence-electron chi connectivity index (χ1n) is 8.20. The van der Waals surface area contributed by atoms with E-state index in [1.165, 1.54) is 11.8 Å². The first-order chi connectivity index (χ1) is 13.2. The Morgan fingerprint density at radius 3 is 2.78 bits per heavy atom. The van der Waals surface area contributed by atoms with Crippen LogP contribution in [0.2, 0.25) is 0 Å². The van der Waals surface area contributed by atoms with Crippen molar-refractivity contribution < 1.29 is 13.9 Å². The largest absolute Gasteiger partial charge is 0.472 e. The highest BCUT2D eigenvalue weighted by Gasteiger charge is 2.14. The number of carbonyl (C=O) groups is 1. The lowest BCUT2D eigenvalue weighted by atomic mass is 10.1. The second kappa shape index (κ2) is 7.59. The Kier molecular flexibility index (Phi) is 4.84. The molecule has 0 amide bonds. The van der Waals surface area contributed by atoms with Gasteiger partial charge in [-0.2, -0.15) is 0 Å². The molecule has 0 aliphatic carbocycles. The summed E-state index contributed by atoms with van der Waals surface area (Å²) in [5, 5.41) is 1.49. The lowest BCUT2D eigenvalue weighted by molar-refractivity contribution is 0.0468. The number of pyridine rings is 1. The first-order valence-corrected chi connectivity index (χ1v) is 9.42. The van der Waals surface area contributed by atoms with Crippen LogP contribution in [0.1, 0.15) is 16.1 Å². The van der Waals surface area contributed by atoms with Gasteiger partial charge in [-0.1, -0.05) is 30.0 Å². The van der Waals surface area contributed by atoms with Crippen LogP contribution in [0.3, 0.4) is 0 Å². The molecule has 3 aromatic heterocycles. The summed E-state index contributed by atoms with van der Waals surface area (Å²) in [6.07, 6.45) is 6.87. The number of furan rings is 1. The van der Waals surface area contributed by atoms with Crippen molar-refractivity contribution in [3.8, 4) is 11.3 Å². The van der Waals surface area contributed by atoms with E-state index >= 15 is 0 Å². The van der Waals surface area contributed by atoms with Crippen LogP contribution in [-0.2, 0) is 11.3 Å². The number of carbonyl (C=O) groups excluding carboxylic acids is 1. The van der Waals surface area contributed by atoms with Crippen LogP contribution < -0.4 is 0 Å². The van der Waals surface area contributed by atoms with E-state index in [2.05, 4.69) is 15.0 Å². The number of thioether (sulfide) groups is 1. The standard InChI is InChI=1S/C20H15N3O3S/c1-27-20-21-10-15-9-16(12-26-19(24)13-5-3-2-4-6-13)22-17(18(15)23-20)14-7-8-25-11-14/h2-11H,12H2,1H3. The smallest absolute Gasteiger partial charge is 0.338 e. The van der Waals surface area contributed by atoms with Crippen molar-refractivity contribution in [1.82, 2.24) is 15.0 Å². The molecular formula is C20H15N3O3S. The maximum Gasteiger partial charge on any atom is 0.338 e. The topological polar surface area (TPSA) is 78.1 Å². The molecule has 27 heavy (non-hydrogen) atoms. The molecule has 0 bridgehead atoms. The highest BCUT2D eigenvalue weighted by molar-refractivity contribution is 7.98. The Bertz CT molecular complexity index is 1080. The van der Waals surface area contributed by atoms with E-state index in [1.54, 1.807) is 43.0 Å². The quantitative estimate of drug-likeness (QED) is 0.290. The molecule has 0 saturated carbocycles. The predicted molar refractivity (Wildman–Crippen MR) is 102 cm³/mol. The number of esters is 1. The van der Waals surface area contributed by atoms with E-state index in [4.69, 9.17) is 9.15 Å². The summed E-state index contributed by atoms with van der Waals surface area (Å²) in [4.78, 5) is 25.7. The van der Waals surface area contributed by atoms with Gasteiger partial charge in [0.15, 0.2) is 5.16 Å². The summed E-state index contributed by atoms with van der Waals surface area (Å²) in [7, 11) is 0. The van der Waals surface area contributed by atoms with Crippen molar-refractivity contribution in [1.29, 1.82) is 0 Å². The first kappa shape index (κ1) is 17.2. The molecule has 4 rings (SSSR count). The van der Waals surface area contributed by atoms with Gasteiger partial charge in [-0.3, -0.25) is 0 Å². The van der Waals surface area contributed by atoms with Gasteiger partial charge < -0.3 is 9.15 Å². The predicted octanol–water partition coefficient (Wildman–Crippen LogP) is 4.36. The van der Waals surface area contributed by atoms with Gasteiger partial charge >= 0.3 is 5.97 Å². The van der Waals surface area contributed by atoms with E-state index in [1.807, 2.05) is 24.5 Å². The van der Waals surface area contributed by atoms with Crippen molar-refractivity contribution in [2.45, 2.75) is 11.8 Å². The van der Waals surface area contributed by atoms with Crippen molar-refractivity contribution in [2.24, 2.45) is 0 Å². The van der Waals surface area contributed by atoms with Gasteiger partial charge in [0.25, 0.3) is 0 Å². The summed E-state index contributed by atoms with van der Waals surface area (Å²) in [6, 6.07) is 12.5. The Hall–Kier alpha value is -3.19. The van der Waals surface area contributed by atoms with Gasteiger partial charge in [-0.05, 0) is 30.5 Å². The molecule has 7 heteroatoms. The molecule has 0 fully saturated rings. The molecule has 0 radical (unpaired) electrons. The zero-order chi connectivity index (χ0) is 18.6. The molecule has 0 unspecified atom stereocenters. The minimum absolute atomic E-state index is 0.0544. The van der Waals surface area contributed by atoms with E-state index in [9.17, 15) is 4.79 Å². The van der Waals surface area contributed by atoms with E-state index in [-0.39, 0.29) is 6.61 Å². The number of hydrogen-bond donors (Lipinski definition) is 0. The fourth-order valence-corrected chi connectivity index (χ4v) is 2.99. The average Bonchev–Trinajstić information content (AvgIpc) is 3.26. The molecule has 0 spiro atoms. The Labute approximate surface area is 159 Å². The SMILES string of the molecule is CSc1ncc2cc(COC(=O)c3ccccc3)nc(-c3ccoc3)c2n1. The Morgan fingerprint density at radius 2 is 2.04 bits per heavy atom. The molecule has 6 nitrogen and oxygen atoms in total. The summed E-state index contributed by atoms with van der Waals surface area (Å²) >= 11 is 1.46. The van der Waals surface area contributed by atoms with Gasteiger partial charge in [-0.25, -0.2) is 19.7 Å². The number of aromatic nitrogens is 3.